The number of fused-ring (bicyclic) bond motifs is 1. The Labute approximate surface area is 107 Å². The molecule has 2 aromatic carbocycles. The van der Waals surface area contributed by atoms with E-state index in [0.717, 1.165) is 0 Å². The molecule has 0 aliphatic carbocycles. The largest absolute Gasteiger partial charge is 0.497 e. The average Bonchev–Trinajstić information content (AvgIpc) is 2.80. The van der Waals surface area contributed by atoms with Gasteiger partial charge in [-0.05, 0) is 24.3 Å². The lowest BCUT2D eigenvalue weighted by Crippen LogP contribution is -1.90. The van der Waals surface area contributed by atoms with Crippen molar-refractivity contribution in [3.8, 4) is 17.1 Å². The van der Waals surface area contributed by atoms with Crippen LogP contribution in [-0.4, -0.2) is 17.1 Å². The SMILES string of the molecule is COc1ccc2nc(-c3c(F)cccc3F)[nH]c2c1. The molecule has 0 aliphatic rings. The maximum Gasteiger partial charge on any atom is 0.144 e. The van der Waals surface area contributed by atoms with E-state index >= 15 is 0 Å². The summed E-state index contributed by atoms with van der Waals surface area (Å²) in [6, 6.07) is 8.92. The number of nitrogens with zero attached hydrogens (tertiary/aromatic N) is 1. The molecular weight excluding hydrogens is 250 g/mol. The van der Waals surface area contributed by atoms with Crippen molar-refractivity contribution >= 4 is 11.0 Å². The van der Waals surface area contributed by atoms with Crippen molar-refractivity contribution < 1.29 is 13.5 Å². The summed E-state index contributed by atoms with van der Waals surface area (Å²) in [7, 11) is 1.55. The van der Waals surface area contributed by atoms with Gasteiger partial charge in [0.1, 0.15) is 23.2 Å². The van der Waals surface area contributed by atoms with Crippen molar-refractivity contribution in [1.29, 1.82) is 0 Å². The van der Waals surface area contributed by atoms with Crippen molar-refractivity contribution in [2.75, 3.05) is 7.11 Å². The van der Waals surface area contributed by atoms with E-state index in [0.29, 0.717) is 16.8 Å². The van der Waals surface area contributed by atoms with Gasteiger partial charge in [-0.25, -0.2) is 13.8 Å². The number of ether oxygens (including phenoxy) is 1. The van der Waals surface area contributed by atoms with Crippen molar-refractivity contribution in [1.82, 2.24) is 9.97 Å². The quantitative estimate of drug-likeness (QED) is 0.765. The molecule has 0 spiro atoms. The van der Waals surface area contributed by atoms with Crippen LogP contribution in [0.25, 0.3) is 22.4 Å². The Balaban J connectivity index is 2.21. The number of aromatic nitrogens is 2. The van der Waals surface area contributed by atoms with Gasteiger partial charge in [0.25, 0.3) is 0 Å². The molecule has 3 nitrogen and oxygen atoms in total. The summed E-state index contributed by atoms with van der Waals surface area (Å²) in [4.78, 5) is 7.09. The van der Waals surface area contributed by atoms with Gasteiger partial charge in [-0.2, -0.15) is 0 Å². The van der Waals surface area contributed by atoms with Crippen LogP contribution in [0.3, 0.4) is 0 Å². The highest BCUT2D eigenvalue weighted by molar-refractivity contribution is 5.80. The summed E-state index contributed by atoms with van der Waals surface area (Å²) in [6.45, 7) is 0. The van der Waals surface area contributed by atoms with Crippen LogP contribution in [0.2, 0.25) is 0 Å². The van der Waals surface area contributed by atoms with Crippen LogP contribution >= 0.6 is 0 Å². The Morgan fingerprint density at radius 2 is 1.84 bits per heavy atom. The summed E-state index contributed by atoms with van der Waals surface area (Å²) < 4.78 is 32.5. The number of benzene rings is 2. The van der Waals surface area contributed by atoms with Crippen molar-refractivity contribution in [3.63, 3.8) is 0 Å². The van der Waals surface area contributed by atoms with Crippen LogP contribution in [0.5, 0.6) is 5.75 Å². The Bertz CT molecular complexity index is 732. The number of hydrogen-bond acceptors (Lipinski definition) is 2. The standard InChI is InChI=1S/C14H10F2N2O/c1-19-8-5-6-11-12(7-8)18-14(17-11)13-9(15)3-2-4-10(13)16/h2-7H,1H3,(H,17,18). The minimum Gasteiger partial charge on any atom is -0.497 e. The first-order valence-electron chi connectivity index (χ1n) is 5.67. The van der Waals surface area contributed by atoms with Gasteiger partial charge < -0.3 is 9.72 Å². The number of rotatable bonds is 2. The second-order valence-electron chi connectivity index (χ2n) is 4.07. The van der Waals surface area contributed by atoms with E-state index in [2.05, 4.69) is 9.97 Å². The van der Waals surface area contributed by atoms with Gasteiger partial charge >= 0.3 is 0 Å². The second kappa shape index (κ2) is 4.35. The summed E-state index contributed by atoms with van der Waals surface area (Å²) in [5.41, 5.74) is 1.13. The number of halogens is 2. The fourth-order valence-electron chi connectivity index (χ4n) is 1.96. The molecule has 5 heteroatoms. The smallest absolute Gasteiger partial charge is 0.144 e. The van der Waals surface area contributed by atoms with Crippen LogP contribution in [-0.2, 0) is 0 Å². The van der Waals surface area contributed by atoms with Crippen molar-refractivity contribution in [3.05, 3.63) is 48.0 Å². The van der Waals surface area contributed by atoms with Crippen molar-refractivity contribution in [2.45, 2.75) is 0 Å². The molecule has 96 valence electrons. The van der Waals surface area contributed by atoms with Crippen LogP contribution < -0.4 is 4.74 Å². The zero-order valence-electron chi connectivity index (χ0n) is 10.1. The first-order chi connectivity index (χ1) is 9.19. The molecule has 0 fully saturated rings. The van der Waals surface area contributed by atoms with E-state index in [1.54, 1.807) is 25.3 Å². The minimum atomic E-state index is -0.647. The first-order valence-corrected chi connectivity index (χ1v) is 5.67. The van der Waals surface area contributed by atoms with Crippen molar-refractivity contribution in [2.24, 2.45) is 0 Å². The van der Waals surface area contributed by atoms with E-state index in [1.807, 2.05) is 0 Å². The predicted octanol–water partition coefficient (Wildman–Crippen LogP) is 3.52. The van der Waals surface area contributed by atoms with Crippen LogP contribution in [0.1, 0.15) is 0 Å². The maximum absolute atomic E-state index is 13.7. The van der Waals surface area contributed by atoms with E-state index in [-0.39, 0.29) is 11.4 Å². The zero-order valence-corrected chi connectivity index (χ0v) is 10.1. The van der Waals surface area contributed by atoms with Crippen LogP contribution in [0, 0.1) is 11.6 Å². The molecule has 0 radical (unpaired) electrons. The predicted molar refractivity (Wildman–Crippen MR) is 68.0 cm³/mol. The fourth-order valence-corrected chi connectivity index (χ4v) is 1.96. The van der Waals surface area contributed by atoms with Gasteiger partial charge in [-0.1, -0.05) is 6.07 Å². The molecule has 0 aliphatic heterocycles. The average molecular weight is 260 g/mol. The third-order valence-corrected chi connectivity index (χ3v) is 2.89. The molecule has 1 heterocycles. The maximum atomic E-state index is 13.7. The van der Waals surface area contributed by atoms with E-state index < -0.39 is 11.6 Å². The Morgan fingerprint density at radius 3 is 2.53 bits per heavy atom. The molecule has 0 bridgehead atoms. The van der Waals surface area contributed by atoms with Crippen LogP contribution in [0.4, 0.5) is 8.78 Å². The van der Waals surface area contributed by atoms with Gasteiger partial charge in [0.05, 0.1) is 23.7 Å². The molecule has 3 aromatic rings. The molecule has 1 N–H and O–H groups in total. The molecule has 3 rings (SSSR count). The van der Waals surface area contributed by atoms with Gasteiger partial charge in [0.15, 0.2) is 0 Å². The summed E-state index contributed by atoms with van der Waals surface area (Å²) in [5.74, 6) is -0.479. The summed E-state index contributed by atoms with van der Waals surface area (Å²) in [5, 5.41) is 0. The monoisotopic (exact) mass is 260 g/mol. The molecule has 0 amide bonds. The number of hydrogen-bond donors (Lipinski definition) is 1. The normalized spacial score (nSPS) is 10.9. The number of methoxy groups -OCH3 is 1. The number of H-pyrrole nitrogens is 1. The third kappa shape index (κ3) is 1.93. The lowest BCUT2D eigenvalue weighted by atomic mass is 10.2. The fraction of sp³-hybridized carbons (Fsp3) is 0.0714. The number of nitrogens with one attached hydrogen (secondary N) is 1. The van der Waals surface area contributed by atoms with Gasteiger partial charge in [-0.3, -0.25) is 0 Å². The highest BCUT2D eigenvalue weighted by atomic mass is 19.1. The van der Waals surface area contributed by atoms with E-state index in [1.165, 1.54) is 18.2 Å². The zero-order chi connectivity index (χ0) is 13.4. The Hall–Kier alpha value is -2.43. The number of aromatic amines is 1. The first kappa shape index (κ1) is 11.6. The highest BCUT2D eigenvalue weighted by Gasteiger charge is 2.15. The molecule has 19 heavy (non-hydrogen) atoms. The molecular formula is C14H10F2N2O. The Kier molecular flexibility index (Phi) is 2.67. The summed E-state index contributed by atoms with van der Waals surface area (Å²) >= 11 is 0. The van der Waals surface area contributed by atoms with Crippen LogP contribution in [0.15, 0.2) is 36.4 Å². The highest BCUT2D eigenvalue weighted by Crippen LogP contribution is 2.27. The summed E-state index contributed by atoms with van der Waals surface area (Å²) in [6.07, 6.45) is 0. The van der Waals surface area contributed by atoms with Gasteiger partial charge in [0.2, 0.25) is 0 Å². The third-order valence-electron chi connectivity index (χ3n) is 2.89. The minimum absolute atomic E-state index is 0.155. The topological polar surface area (TPSA) is 37.9 Å². The lowest BCUT2D eigenvalue weighted by Gasteiger charge is -2.00. The van der Waals surface area contributed by atoms with Gasteiger partial charge in [0, 0.05) is 6.07 Å². The Morgan fingerprint density at radius 1 is 1.11 bits per heavy atom. The molecule has 1 aromatic heterocycles. The molecule has 0 unspecified atom stereocenters. The lowest BCUT2D eigenvalue weighted by molar-refractivity contribution is 0.415. The van der Waals surface area contributed by atoms with Gasteiger partial charge in [-0.15, -0.1) is 0 Å². The van der Waals surface area contributed by atoms with E-state index in [4.69, 9.17) is 4.74 Å². The molecule has 0 atom stereocenters. The van der Waals surface area contributed by atoms with E-state index in [9.17, 15) is 8.78 Å². The molecule has 0 saturated heterocycles. The second-order valence-corrected chi connectivity index (χ2v) is 4.07. The molecule has 0 saturated carbocycles. The number of imidazole rings is 1.